The minimum Gasteiger partial charge on any atom is -0.459 e. The van der Waals surface area contributed by atoms with Crippen molar-refractivity contribution in [2.75, 3.05) is 7.05 Å². The summed E-state index contributed by atoms with van der Waals surface area (Å²) in [5.41, 5.74) is -1.37. The summed E-state index contributed by atoms with van der Waals surface area (Å²) in [6, 6.07) is 0.927. The van der Waals surface area contributed by atoms with Gasteiger partial charge in [-0.05, 0) is 33.7 Å². The highest BCUT2D eigenvalue weighted by Crippen LogP contribution is 2.38. The SMILES string of the molecule is CN1C2CCC1C(OC(=O)C(C)(C)O)C2.Cl. The van der Waals surface area contributed by atoms with Crippen LogP contribution in [-0.4, -0.2) is 46.8 Å². The number of nitrogens with zero attached hydrogens (tertiary/aromatic N) is 1. The fraction of sp³-hybridized carbons (Fsp3) is 0.909. The molecule has 3 unspecified atom stereocenters. The van der Waals surface area contributed by atoms with Crippen molar-refractivity contribution in [2.24, 2.45) is 0 Å². The Balaban J connectivity index is 0.00000128. The first kappa shape index (κ1) is 13.7. The number of fused-ring (bicyclic) bond motifs is 2. The Morgan fingerprint density at radius 1 is 1.44 bits per heavy atom. The fourth-order valence-electron chi connectivity index (χ4n) is 2.61. The molecule has 1 N–H and O–H groups in total. The largest absolute Gasteiger partial charge is 0.459 e. The summed E-state index contributed by atoms with van der Waals surface area (Å²) in [6.45, 7) is 2.93. The van der Waals surface area contributed by atoms with Crippen molar-refractivity contribution in [2.45, 2.75) is 56.9 Å². The predicted molar refractivity (Wildman–Crippen MR) is 62.6 cm³/mol. The number of ether oxygens (including phenoxy) is 1. The minimum atomic E-state index is -1.37. The molecular formula is C11H20ClNO3. The molecule has 94 valence electrons. The van der Waals surface area contributed by atoms with Crippen molar-refractivity contribution < 1.29 is 14.6 Å². The maximum Gasteiger partial charge on any atom is 0.337 e. The minimum absolute atomic E-state index is 0. The van der Waals surface area contributed by atoms with Crippen LogP contribution in [0.15, 0.2) is 0 Å². The van der Waals surface area contributed by atoms with Crippen molar-refractivity contribution in [3.05, 3.63) is 0 Å². The van der Waals surface area contributed by atoms with E-state index >= 15 is 0 Å². The number of rotatable bonds is 2. The zero-order valence-electron chi connectivity index (χ0n) is 9.97. The quantitative estimate of drug-likeness (QED) is 0.741. The Kier molecular flexibility index (Phi) is 3.87. The van der Waals surface area contributed by atoms with Crippen molar-refractivity contribution in [1.82, 2.24) is 4.90 Å². The molecule has 2 aliphatic rings. The van der Waals surface area contributed by atoms with E-state index < -0.39 is 11.6 Å². The maximum absolute atomic E-state index is 11.5. The Morgan fingerprint density at radius 3 is 2.44 bits per heavy atom. The van der Waals surface area contributed by atoms with Crippen molar-refractivity contribution in [3.8, 4) is 0 Å². The van der Waals surface area contributed by atoms with Crippen LogP contribution < -0.4 is 0 Å². The molecule has 0 aliphatic carbocycles. The second-order valence-corrected chi connectivity index (χ2v) is 5.20. The van der Waals surface area contributed by atoms with Crippen molar-refractivity contribution in [3.63, 3.8) is 0 Å². The first-order valence-corrected chi connectivity index (χ1v) is 5.55. The van der Waals surface area contributed by atoms with Crippen LogP contribution in [-0.2, 0) is 9.53 Å². The molecule has 0 saturated carbocycles. The van der Waals surface area contributed by atoms with Gasteiger partial charge >= 0.3 is 5.97 Å². The van der Waals surface area contributed by atoms with Crippen LogP contribution >= 0.6 is 12.4 Å². The topological polar surface area (TPSA) is 49.8 Å². The summed E-state index contributed by atoms with van der Waals surface area (Å²) in [5.74, 6) is -0.506. The van der Waals surface area contributed by atoms with Crippen LogP contribution in [0.1, 0.15) is 33.1 Å². The van der Waals surface area contributed by atoms with Gasteiger partial charge in [0.2, 0.25) is 0 Å². The molecule has 2 saturated heterocycles. The van der Waals surface area contributed by atoms with E-state index in [4.69, 9.17) is 4.74 Å². The molecule has 0 amide bonds. The van der Waals surface area contributed by atoms with Gasteiger partial charge in [0.25, 0.3) is 0 Å². The van der Waals surface area contributed by atoms with Gasteiger partial charge < -0.3 is 9.84 Å². The van der Waals surface area contributed by atoms with E-state index in [0.29, 0.717) is 12.1 Å². The molecule has 16 heavy (non-hydrogen) atoms. The number of likely N-dealkylation sites (N-methyl/N-ethyl adjacent to an activating group) is 1. The van der Waals surface area contributed by atoms with E-state index in [0.717, 1.165) is 12.8 Å². The number of hydrogen-bond acceptors (Lipinski definition) is 4. The average Bonchev–Trinajstić information content (AvgIpc) is 2.60. The predicted octanol–water partition coefficient (Wildman–Crippen LogP) is 0.957. The van der Waals surface area contributed by atoms with Gasteiger partial charge in [-0.1, -0.05) is 0 Å². The summed E-state index contributed by atoms with van der Waals surface area (Å²) in [7, 11) is 2.08. The van der Waals surface area contributed by atoms with Gasteiger partial charge in [0.05, 0.1) is 0 Å². The van der Waals surface area contributed by atoms with E-state index in [9.17, 15) is 9.90 Å². The van der Waals surface area contributed by atoms with Gasteiger partial charge in [-0.15, -0.1) is 12.4 Å². The Hall–Kier alpha value is -0.320. The lowest BCUT2D eigenvalue weighted by Gasteiger charge is -2.25. The van der Waals surface area contributed by atoms with Gasteiger partial charge in [0.15, 0.2) is 5.60 Å². The van der Waals surface area contributed by atoms with Crippen LogP contribution in [0.2, 0.25) is 0 Å². The van der Waals surface area contributed by atoms with Crippen molar-refractivity contribution in [1.29, 1.82) is 0 Å². The lowest BCUT2D eigenvalue weighted by Crippen LogP contribution is -2.40. The molecular weight excluding hydrogens is 230 g/mol. The lowest BCUT2D eigenvalue weighted by atomic mass is 9.97. The zero-order chi connectivity index (χ0) is 11.2. The molecule has 2 heterocycles. The summed E-state index contributed by atoms with van der Waals surface area (Å²) in [6.07, 6.45) is 3.21. The average molecular weight is 250 g/mol. The van der Waals surface area contributed by atoms with E-state index in [2.05, 4.69) is 11.9 Å². The lowest BCUT2D eigenvalue weighted by molar-refractivity contribution is -0.168. The summed E-state index contributed by atoms with van der Waals surface area (Å²) in [4.78, 5) is 13.8. The van der Waals surface area contributed by atoms with Crippen molar-refractivity contribution >= 4 is 18.4 Å². The number of carbonyl (C=O) groups is 1. The third-order valence-electron chi connectivity index (χ3n) is 3.59. The Morgan fingerprint density at radius 2 is 2.06 bits per heavy atom. The molecule has 2 rings (SSSR count). The first-order valence-electron chi connectivity index (χ1n) is 5.55. The highest BCUT2D eigenvalue weighted by atomic mass is 35.5. The number of aliphatic hydroxyl groups is 1. The zero-order valence-corrected chi connectivity index (χ0v) is 10.8. The number of carbonyl (C=O) groups excluding carboxylic acids is 1. The van der Waals surface area contributed by atoms with E-state index in [1.165, 1.54) is 20.3 Å². The molecule has 0 radical (unpaired) electrons. The normalized spacial score (nSPS) is 33.6. The smallest absolute Gasteiger partial charge is 0.337 e. The molecule has 4 nitrogen and oxygen atoms in total. The Labute approximate surface area is 102 Å². The molecule has 3 atom stereocenters. The Bertz CT molecular complexity index is 277. The van der Waals surface area contributed by atoms with Crippen LogP contribution in [0.25, 0.3) is 0 Å². The van der Waals surface area contributed by atoms with E-state index in [-0.39, 0.29) is 18.5 Å². The molecule has 0 aromatic carbocycles. The summed E-state index contributed by atoms with van der Waals surface area (Å²) >= 11 is 0. The molecule has 0 spiro atoms. The molecule has 2 fully saturated rings. The molecule has 2 aliphatic heterocycles. The highest BCUT2D eigenvalue weighted by Gasteiger charge is 2.47. The highest BCUT2D eigenvalue weighted by molar-refractivity contribution is 5.85. The second-order valence-electron chi connectivity index (χ2n) is 5.20. The van der Waals surface area contributed by atoms with Crippen LogP contribution in [0.5, 0.6) is 0 Å². The van der Waals surface area contributed by atoms with Crippen LogP contribution in [0, 0.1) is 0 Å². The number of hydrogen-bond donors (Lipinski definition) is 1. The monoisotopic (exact) mass is 249 g/mol. The molecule has 2 bridgehead atoms. The first-order chi connectivity index (χ1) is 6.89. The number of esters is 1. The van der Waals surface area contributed by atoms with E-state index in [1.54, 1.807) is 0 Å². The van der Waals surface area contributed by atoms with Gasteiger partial charge in [0, 0.05) is 18.5 Å². The van der Waals surface area contributed by atoms with Gasteiger partial charge in [-0.3, -0.25) is 4.90 Å². The third-order valence-corrected chi connectivity index (χ3v) is 3.59. The maximum atomic E-state index is 11.5. The fourth-order valence-corrected chi connectivity index (χ4v) is 2.61. The van der Waals surface area contributed by atoms with Gasteiger partial charge in [-0.2, -0.15) is 0 Å². The number of halogens is 1. The second kappa shape index (κ2) is 4.51. The molecule has 0 aromatic heterocycles. The van der Waals surface area contributed by atoms with Gasteiger partial charge in [-0.25, -0.2) is 4.79 Å². The third kappa shape index (κ3) is 2.34. The molecule has 5 heteroatoms. The summed E-state index contributed by atoms with van der Waals surface area (Å²) in [5, 5.41) is 9.49. The standard InChI is InChI=1S/C11H19NO3.ClH/c1-11(2,14)10(13)15-9-6-7-4-5-8(9)12(7)3;/h7-9,14H,4-6H2,1-3H3;1H. The van der Waals surface area contributed by atoms with Crippen LogP contribution in [0.4, 0.5) is 0 Å². The van der Waals surface area contributed by atoms with Crippen LogP contribution in [0.3, 0.4) is 0 Å². The molecule has 0 aromatic rings. The van der Waals surface area contributed by atoms with Gasteiger partial charge in [0.1, 0.15) is 6.10 Å². The van der Waals surface area contributed by atoms with E-state index in [1.807, 2.05) is 0 Å². The summed E-state index contributed by atoms with van der Waals surface area (Å²) < 4.78 is 5.35.